The summed E-state index contributed by atoms with van der Waals surface area (Å²) >= 11 is 0. The number of carbonyl (C=O) groups excluding carboxylic acids is 1. The minimum absolute atomic E-state index is 0.131. The third-order valence-electron chi connectivity index (χ3n) is 5.39. The van der Waals surface area contributed by atoms with E-state index in [1.54, 1.807) is 36.0 Å². The second kappa shape index (κ2) is 10.7. The molecule has 4 rings (SSSR count). The van der Waals surface area contributed by atoms with Crippen LogP contribution in [0.3, 0.4) is 0 Å². The van der Waals surface area contributed by atoms with Crippen molar-refractivity contribution in [2.45, 2.75) is 11.8 Å². The van der Waals surface area contributed by atoms with Crippen LogP contribution in [0.1, 0.15) is 12.5 Å². The van der Waals surface area contributed by atoms with E-state index >= 15 is 0 Å². The number of carbonyl (C=O) groups is 1. The number of nitriles is 1. The molecule has 2 aromatic carbocycles. The lowest BCUT2D eigenvalue weighted by atomic mass is 10.1. The van der Waals surface area contributed by atoms with Crippen molar-refractivity contribution >= 4 is 22.1 Å². The van der Waals surface area contributed by atoms with Crippen LogP contribution in [-0.4, -0.2) is 61.4 Å². The summed E-state index contributed by atoms with van der Waals surface area (Å²) in [5.41, 5.74) is 2.00. The number of hydrogen-bond acceptors (Lipinski definition) is 7. The summed E-state index contributed by atoms with van der Waals surface area (Å²) in [6, 6.07) is 17.7. The lowest BCUT2D eigenvalue weighted by Gasteiger charge is -2.26. The van der Waals surface area contributed by atoms with Gasteiger partial charge in [-0.1, -0.05) is 30.3 Å². The van der Waals surface area contributed by atoms with E-state index in [1.165, 1.54) is 16.4 Å². The van der Waals surface area contributed by atoms with Crippen molar-refractivity contribution in [1.29, 1.82) is 5.26 Å². The maximum Gasteiger partial charge on any atom is 0.348 e. The average Bonchev–Trinajstić information content (AvgIpc) is 3.32. The van der Waals surface area contributed by atoms with E-state index < -0.39 is 16.0 Å². The first-order valence-electron chi connectivity index (χ1n) is 11.1. The smallest absolute Gasteiger partial charge is 0.348 e. The molecule has 0 saturated carbocycles. The summed E-state index contributed by atoms with van der Waals surface area (Å²) in [6.07, 6.45) is 3.09. The van der Waals surface area contributed by atoms with E-state index in [0.717, 1.165) is 5.69 Å². The van der Waals surface area contributed by atoms with Crippen LogP contribution in [0.4, 0.5) is 0 Å². The molecular weight excluding hydrogens is 468 g/mol. The minimum atomic E-state index is -3.72. The predicted octanol–water partition coefficient (Wildman–Crippen LogP) is 3.03. The highest BCUT2D eigenvalue weighted by Crippen LogP contribution is 2.29. The zero-order chi connectivity index (χ0) is 24.8. The Hall–Kier alpha value is -3.78. The second-order valence-electron chi connectivity index (χ2n) is 7.65. The Morgan fingerprint density at radius 3 is 2.60 bits per heavy atom. The highest BCUT2D eigenvalue weighted by atomic mass is 32.2. The quantitative estimate of drug-likeness (QED) is 0.283. The van der Waals surface area contributed by atoms with Crippen LogP contribution in [0.5, 0.6) is 0 Å². The Morgan fingerprint density at radius 1 is 1.17 bits per heavy atom. The summed E-state index contributed by atoms with van der Waals surface area (Å²) in [7, 11) is -3.72. The second-order valence-corrected chi connectivity index (χ2v) is 9.59. The van der Waals surface area contributed by atoms with Gasteiger partial charge in [0, 0.05) is 30.4 Å². The molecule has 0 radical (unpaired) electrons. The summed E-state index contributed by atoms with van der Waals surface area (Å²) in [4.78, 5) is 12.4. The molecular formula is C25H24N4O5S. The van der Waals surface area contributed by atoms with Crippen molar-refractivity contribution in [3.8, 4) is 23.0 Å². The number of benzene rings is 2. The number of sulfonamides is 1. The number of nitrogens with zero attached hydrogens (tertiary/aromatic N) is 4. The summed E-state index contributed by atoms with van der Waals surface area (Å²) in [5, 5.41) is 14.2. The van der Waals surface area contributed by atoms with E-state index in [4.69, 9.17) is 9.47 Å². The maximum atomic E-state index is 13.2. The van der Waals surface area contributed by atoms with E-state index in [9.17, 15) is 18.5 Å². The molecule has 2 heterocycles. The number of ether oxygens (including phenoxy) is 2. The minimum Gasteiger partial charge on any atom is -0.462 e. The van der Waals surface area contributed by atoms with Crippen molar-refractivity contribution in [2.24, 2.45) is 0 Å². The molecule has 0 amide bonds. The van der Waals surface area contributed by atoms with Crippen LogP contribution in [0, 0.1) is 11.3 Å². The number of rotatable bonds is 7. The van der Waals surface area contributed by atoms with Crippen molar-refractivity contribution in [3.63, 3.8) is 0 Å². The molecule has 1 aromatic heterocycles. The van der Waals surface area contributed by atoms with Gasteiger partial charge in [0.25, 0.3) is 0 Å². The fourth-order valence-electron chi connectivity index (χ4n) is 3.67. The molecule has 3 aromatic rings. The average molecular weight is 493 g/mol. The van der Waals surface area contributed by atoms with Gasteiger partial charge in [-0.05, 0) is 37.3 Å². The number of para-hydroxylation sites is 1. The van der Waals surface area contributed by atoms with Gasteiger partial charge in [0.15, 0.2) is 0 Å². The molecule has 35 heavy (non-hydrogen) atoms. The van der Waals surface area contributed by atoms with Crippen molar-refractivity contribution in [2.75, 3.05) is 32.9 Å². The van der Waals surface area contributed by atoms with Gasteiger partial charge in [-0.15, -0.1) is 0 Å². The Bertz CT molecular complexity index is 1380. The van der Waals surface area contributed by atoms with Crippen molar-refractivity contribution in [1.82, 2.24) is 14.1 Å². The van der Waals surface area contributed by atoms with Gasteiger partial charge >= 0.3 is 5.97 Å². The summed E-state index contributed by atoms with van der Waals surface area (Å²) in [6.45, 7) is 3.06. The number of esters is 1. The number of hydrogen-bond donors (Lipinski definition) is 0. The lowest BCUT2D eigenvalue weighted by Crippen LogP contribution is -2.40. The van der Waals surface area contributed by atoms with Gasteiger partial charge in [0.05, 0.1) is 30.4 Å². The number of aromatic nitrogens is 2. The van der Waals surface area contributed by atoms with E-state index in [1.807, 2.05) is 36.4 Å². The van der Waals surface area contributed by atoms with Crippen LogP contribution in [0.25, 0.3) is 23.0 Å². The Morgan fingerprint density at radius 2 is 1.91 bits per heavy atom. The third kappa shape index (κ3) is 5.33. The first kappa shape index (κ1) is 24.3. The topological polar surface area (TPSA) is 115 Å². The van der Waals surface area contributed by atoms with E-state index in [2.05, 4.69) is 5.10 Å². The Labute approximate surface area is 203 Å². The summed E-state index contributed by atoms with van der Waals surface area (Å²) in [5.74, 6) is -0.739. The fraction of sp³-hybridized carbons (Fsp3) is 0.240. The first-order chi connectivity index (χ1) is 16.9. The molecule has 1 aliphatic heterocycles. The molecule has 0 N–H and O–H groups in total. The molecule has 9 nitrogen and oxygen atoms in total. The molecule has 1 saturated heterocycles. The van der Waals surface area contributed by atoms with Gasteiger partial charge in [-0.25, -0.2) is 17.9 Å². The lowest BCUT2D eigenvalue weighted by molar-refractivity contribution is -0.137. The van der Waals surface area contributed by atoms with Crippen LogP contribution < -0.4 is 0 Å². The zero-order valence-corrected chi connectivity index (χ0v) is 19.9. The monoisotopic (exact) mass is 492 g/mol. The van der Waals surface area contributed by atoms with Crippen molar-refractivity contribution < 1.29 is 22.7 Å². The number of morpholine rings is 1. The molecule has 180 valence electrons. The Balaban J connectivity index is 1.82. The van der Waals surface area contributed by atoms with Gasteiger partial charge in [0.2, 0.25) is 10.0 Å². The third-order valence-corrected chi connectivity index (χ3v) is 7.29. The van der Waals surface area contributed by atoms with Gasteiger partial charge in [0.1, 0.15) is 17.3 Å². The maximum absolute atomic E-state index is 13.2. The molecule has 0 spiro atoms. The SMILES string of the molecule is CCOC(=O)C(C#N)=Cc1cn(-c2ccccc2)nc1-c1cccc(S(=O)(=O)N2CCOCC2)c1. The standard InChI is InChI=1S/C25H24N4O5S/c1-2-34-25(30)20(17-26)15-21-18-29(22-8-4-3-5-9-22)27-24(21)19-7-6-10-23(16-19)35(31,32)28-11-13-33-14-12-28/h3-10,15-16,18H,2,11-14H2,1H3. The van der Waals surface area contributed by atoms with Crippen LogP contribution in [0.2, 0.25) is 0 Å². The van der Waals surface area contributed by atoms with E-state index in [0.29, 0.717) is 30.0 Å². The molecule has 1 fully saturated rings. The largest absolute Gasteiger partial charge is 0.462 e. The van der Waals surface area contributed by atoms with Gasteiger partial charge in [-0.3, -0.25) is 0 Å². The summed E-state index contributed by atoms with van der Waals surface area (Å²) < 4.78 is 39.7. The molecule has 10 heteroatoms. The molecule has 0 atom stereocenters. The molecule has 1 aliphatic rings. The first-order valence-corrected chi connectivity index (χ1v) is 12.5. The normalized spacial score (nSPS) is 14.9. The van der Waals surface area contributed by atoms with Crippen LogP contribution >= 0.6 is 0 Å². The molecule has 0 bridgehead atoms. The van der Waals surface area contributed by atoms with Gasteiger partial charge in [-0.2, -0.15) is 14.7 Å². The highest BCUT2D eigenvalue weighted by molar-refractivity contribution is 7.89. The zero-order valence-electron chi connectivity index (χ0n) is 19.1. The van der Waals surface area contributed by atoms with Gasteiger partial charge < -0.3 is 9.47 Å². The van der Waals surface area contributed by atoms with Crippen molar-refractivity contribution in [3.05, 3.63) is 71.9 Å². The predicted molar refractivity (Wildman–Crippen MR) is 129 cm³/mol. The highest BCUT2D eigenvalue weighted by Gasteiger charge is 2.27. The van der Waals surface area contributed by atoms with Crippen LogP contribution in [0.15, 0.2) is 71.3 Å². The molecule has 0 aliphatic carbocycles. The Kier molecular flexibility index (Phi) is 7.41. The van der Waals surface area contributed by atoms with E-state index in [-0.39, 0.29) is 30.2 Å². The van der Waals surface area contributed by atoms with Crippen LogP contribution in [-0.2, 0) is 24.3 Å². The molecule has 0 unspecified atom stereocenters. The fourth-order valence-corrected chi connectivity index (χ4v) is 5.13.